The number of nitrogens with one attached hydrogen (secondary N) is 3. The lowest BCUT2D eigenvalue weighted by molar-refractivity contribution is -0.142. The van der Waals surface area contributed by atoms with Gasteiger partial charge in [0.1, 0.15) is 17.8 Å². The zero-order valence-corrected chi connectivity index (χ0v) is 28.5. The fourth-order valence-electron chi connectivity index (χ4n) is 5.12. The molecule has 0 aliphatic rings. The number of hydrogen-bond acceptors (Lipinski definition) is 7. The minimum absolute atomic E-state index is 0.155. The molecule has 1 rings (SSSR count). The van der Waals surface area contributed by atoms with Crippen molar-refractivity contribution in [2.24, 2.45) is 11.3 Å². The molecular weight excluding hydrogens is 580 g/mol. The second-order valence-corrected chi connectivity index (χ2v) is 13.3. The molecule has 0 heterocycles. The molecular formula is C33H52N4O8. The Morgan fingerprint density at radius 1 is 1.00 bits per heavy atom. The smallest absolute Gasteiger partial charge is 0.326 e. The van der Waals surface area contributed by atoms with Crippen LogP contribution in [0.3, 0.4) is 0 Å². The summed E-state index contributed by atoms with van der Waals surface area (Å²) in [6.07, 6.45) is 0.889. The number of carboxylic acid groups (broad SMARTS) is 2. The molecule has 0 fully saturated rings. The van der Waals surface area contributed by atoms with Gasteiger partial charge in [-0.05, 0) is 49.4 Å². The van der Waals surface area contributed by atoms with Gasteiger partial charge in [0.05, 0.1) is 19.2 Å². The van der Waals surface area contributed by atoms with Crippen LogP contribution in [0.1, 0.15) is 73.8 Å². The fourth-order valence-corrected chi connectivity index (χ4v) is 5.12. The molecule has 252 valence electrons. The molecule has 0 aliphatic heterocycles. The Morgan fingerprint density at radius 2 is 1.60 bits per heavy atom. The van der Waals surface area contributed by atoms with E-state index >= 15 is 0 Å². The van der Waals surface area contributed by atoms with Gasteiger partial charge in [-0.1, -0.05) is 66.7 Å². The quantitative estimate of drug-likeness (QED) is 0.172. The van der Waals surface area contributed by atoms with Crippen molar-refractivity contribution in [3.05, 3.63) is 41.5 Å². The molecule has 12 nitrogen and oxygen atoms in total. The Morgan fingerprint density at radius 3 is 2.07 bits per heavy atom. The van der Waals surface area contributed by atoms with Gasteiger partial charge in [-0.2, -0.15) is 0 Å². The third kappa shape index (κ3) is 10.9. The molecule has 0 saturated heterocycles. The van der Waals surface area contributed by atoms with Crippen LogP contribution in [0.5, 0.6) is 5.75 Å². The van der Waals surface area contributed by atoms with E-state index in [1.54, 1.807) is 27.3 Å². The monoisotopic (exact) mass is 632 g/mol. The van der Waals surface area contributed by atoms with Gasteiger partial charge in [0.25, 0.3) is 0 Å². The summed E-state index contributed by atoms with van der Waals surface area (Å²) >= 11 is 0. The molecule has 1 aromatic carbocycles. The topological polar surface area (TPSA) is 174 Å². The van der Waals surface area contributed by atoms with E-state index in [1.807, 2.05) is 72.7 Å². The van der Waals surface area contributed by atoms with E-state index < -0.39 is 59.3 Å². The second kappa shape index (κ2) is 16.4. The maximum Gasteiger partial charge on any atom is 0.326 e. The summed E-state index contributed by atoms with van der Waals surface area (Å²) in [7, 11) is 4.87. The zero-order chi connectivity index (χ0) is 34.9. The number of carbonyl (C=O) groups is 5. The molecule has 0 radical (unpaired) electrons. The van der Waals surface area contributed by atoms with Crippen LogP contribution in [0.15, 0.2) is 35.9 Å². The summed E-state index contributed by atoms with van der Waals surface area (Å²) in [6.45, 7) is 14.7. The summed E-state index contributed by atoms with van der Waals surface area (Å²) < 4.78 is 5.38. The summed E-state index contributed by atoms with van der Waals surface area (Å²) in [5, 5.41) is 26.8. The summed E-state index contributed by atoms with van der Waals surface area (Å²) in [5.41, 5.74) is -0.326. The van der Waals surface area contributed by atoms with Crippen molar-refractivity contribution < 1.29 is 38.9 Å². The minimum Gasteiger partial charge on any atom is -0.497 e. The van der Waals surface area contributed by atoms with Crippen molar-refractivity contribution in [1.29, 1.82) is 0 Å². The average Bonchev–Trinajstić information content (AvgIpc) is 2.94. The summed E-state index contributed by atoms with van der Waals surface area (Å²) in [5.74, 6) is -3.42. The number of carbonyl (C=O) groups excluding carboxylic acids is 3. The number of amides is 3. The molecule has 0 saturated carbocycles. The molecule has 0 aliphatic carbocycles. The Labute approximate surface area is 267 Å². The number of methoxy groups -OCH3 is 1. The van der Waals surface area contributed by atoms with Gasteiger partial charge in [-0.15, -0.1) is 0 Å². The molecule has 0 bridgehead atoms. The number of ether oxygens (including phenoxy) is 1. The minimum atomic E-state index is -1.38. The van der Waals surface area contributed by atoms with E-state index in [9.17, 15) is 29.1 Å². The van der Waals surface area contributed by atoms with Crippen LogP contribution >= 0.6 is 0 Å². The first-order valence-corrected chi connectivity index (χ1v) is 15.0. The number of benzene rings is 1. The highest BCUT2D eigenvalue weighted by atomic mass is 16.5. The highest BCUT2D eigenvalue weighted by Gasteiger charge is 2.41. The number of nitrogens with zero attached hydrogens (tertiary/aromatic N) is 1. The van der Waals surface area contributed by atoms with Gasteiger partial charge in [-0.25, -0.2) is 4.79 Å². The Kier molecular flexibility index (Phi) is 14.2. The number of carboxylic acids is 2. The Bertz CT molecular complexity index is 1250. The largest absolute Gasteiger partial charge is 0.497 e. The van der Waals surface area contributed by atoms with E-state index in [0.717, 1.165) is 5.56 Å². The van der Waals surface area contributed by atoms with Crippen molar-refractivity contribution in [1.82, 2.24) is 20.9 Å². The van der Waals surface area contributed by atoms with Gasteiger partial charge in [0.15, 0.2) is 0 Å². The molecule has 1 aromatic rings. The summed E-state index contributed by atoms with van der Waals surface area (Å²) in [6, 6.07) is 3.88. The maximum atomic E-state index is 14.1. The molecule has 0 spiro atoms. The van der Waals surface area contributed by atoms with Crippen molar-refractivity contribution >= 4 is 29.7 Å². The van der Waals surface area contributed by atoms with Gasteiger partial charge in [-0.3, -0.25) is 19.2 Å². The van der Waals surface area contributed by atoms with Crippen LogP contribution in [0, 0.1) is 11.3 Å². The van der Waals surface area contributed by atoms with Crippen molar-refractivity contribution in [3.63, 3.8) is 0 Å². The predicted molar refractivity (Wildman–Crippen MR) is 172 cm³/mol. The van der Waals surface area contributed by atoms with Crippen molar-refractivity contribution in [3.8, 4) is 5.75 Å². The second-order valence-electron chi connectivity index (χ2n) is 13.3. The third-order valence-electron chi connectivity index (χ3n) is 7.99. The fraction of sp³-hybridized carbons (Fsp3) is 0.606. The molecule has 1 unspecified atom stereocenters. The lowest BCUT2D eigenvalue weighted by Gasteiger charge is -2.40. The molecule has 5 N–H and O–H groups in total. The first-order valence-electron chi connectivity index (χ1n) is 15.0. The van der Waals surface area contributed by atoms with Crippen LogP contribution in [0.2, 0.25) is 0 Å². The number of hydrogen-bond donors (Lipinski definition) is 5. The Hall–Kier alpha value is -3.93. The van der Waals surface area contributed by atoms with E-state index in [-0.39, 0.29) is 29.7 Å². The first-order chi connectivity index (χ1) is 20.7. The average molecular weight is 633 g/mol. The third-order valence-corrected chi connectivity index (χ3v) is 7.99. The summed E-state index contributed by atoms with van der Waals surface area (Å²) in [4.78, 5) is 64.7. The normalized spacial score (nSPS) is 15.0. The molecule has 4 atom stereocenters. The van der Waals surface area contributed by atoms with Gasteiger partial charge >= 0.3 is 11.9 Å². The van der Waals surface area contributed by atoms with Gasteiger partial charge < -0.3 is 35.8 Å². The van der Waals surface area contributed by atoms with Crippen LogP contribution in [-0.2, 0) is 29.4 Å². The van der Waals surface area contributed by atoms with Crippen molar-refractivity contribution in [2.45, 2.75) is 97.8 Å². The van der Waals surface area contributed by atoms with E-state index in [4.69, 9.17) is 9.84 Å². The van der Waals surface area contributed by atoms with Crippen molar-refractivity contribution in [2.75, 3.05) is 21.2 Å². The van der Waals surface area contributed by atoms with Crippen LogP contribution in [-0.4, -0.2) is 90.1 Å². The first kappa shape index (κ1) is 39.1. The predicted octanol–water partition coefficient (Wildman–Crippen LogP) is 2.96. The lowest BCUT2D eigenvalue weighted by atomic mass is 9.76. The SMILES string of the molecule is CN[C@H](C(=O)NC(C(=O)N(C)[C@H](/C=C(\C)C(=O)N[C@H](CCC(=O)O)C(=O)O)C(C)C)C(C)(C)C)C(C)(C)c1cccc(OC)c1. The highest BCUT2D eigenvalue weighted by Crippen LogP contribution is 2.31. The number of aliphatic carboxylic acids is 2. The number of rotatable bonds is 16. The zero-order valence-electron chi connectivity index (χ0n) is 28.5. The highest BCUT2D eigenvalue weighted by molar-refractivity contribution is 5.96. The van der Waals surface area contributed by atoms with Gasteiger partial charge in [0.2, 0.25) is 17.7 Å². The maximum absolute atomic E-state index is 14.1. The standard InChI is InChI=1S/C33H52N4O8/c1-19(2)24(17-20(3)28(40)35-23(31(43)44)15-16-25(38)39)37(10)30(42)27(32(4,5)6)36-29(41)26(34-9)33(7,8)21-13-12-14-22(18-21)45-11/h12-14,17-19,23-24,26-27,34H,15-16H2,1-11H3,(H,35,40)(H,36,41)(H,38,39)(H,43,44)/b20-17+/t23-,24-,26-,27?/m1/s1. The van der Waals surface area contributed by atoms with Gasteiger partial charge in [0, 0.05) is 24.5 Å². The lowest BCUT2D eigenvalue weighted by Crippen LogP contribution is -2.61. The van der Waals surface area contributed by atoms with E-state index in [1.165, 1.54) is 11.8 Å². The molecule has 3 amide bonds. The van der Waals surface area contributed by atoms with Crippen LogP contribution in [0.4, 0.5) is 0 Å². The van der Waals surface area contributed by atoms with Crippen LogP contribution in [0.25, 0.3) is 0 Å². The molecule has 0 aromatic heterocycles. The van der Waals surface area contributed by atoms with Crippen LogP contribution < -0.4 is 20.7 Å². The van der Waals surface area contributed by atoms with E-state index in [2.05, 4.69) is 16.0 Å². The van der Waals surface area contributed by atoms with E-state index in [0.29, 0.717) is 5.75 Å². The molecule has 45 heavy (non-hydrogen) atoms. The number of likely N-dealkylation sites (N-methyl/N-ethyl adjacent to an activating group) is 2. The Balaban J connectivity index is 3.31. The molecule has 12 heteroatoms.